The maximum absolute atomic E-state index is 13.2. The van der Waals surface area contributed by atoms with E-state index in [4.69, 9.17) is 23.2 Å². The topological polar surface area (TPSA) is 94.2 Å². The van der Waals surface area contributed by atoms with E-state index in [1.165, 1.54) is 41.0 Å². The molecule has 32 heavy (non-hydrogen) atoms. The van der Waals surface area contributed by atoms with Crippen molar-refractivity contribution in [3.05, 3.63) is 92.7 Å². The van der Waals surface area contributed by atoms with Gasteiger partial charge in [0.05, 0.1) is 16.8 Å². The number of fused-ring (bicyclic) bond motifs is 3. The van der Waals surface area contributed by atoms with Crippen LogP contribution in [0.1, 0.15) is 10.4 Å². The maximum Gasteiger partial charge on any atom is 0.299 e. The average Bonchev–Trinajstić information content (AvgIpc) is 3.20. The van der Waals surface area contributed by atoms with Crippen molar-refractivity contribution < 1.29 is 9.18 Å². The predicted octanol–water partition coefficient (Wildman–Crippen LogP) is 3.94. The van der Waals surface area contributed by atoms with Crippen LogP contribution in [0.3, 0.4) is 0 Å². The molecule has 3 aromatic heterocycles. The number of nitrogens with zero attached hydrogens (tertiary/aromatic N) is 5. The van der Waals surface area contributed by atoms with Gasteiger partial charge in [-0.1, -0.05) is 35.3 Å². The molecule has 0 aliphatic heterocycles. The number of carbonyl (C=O) groups excluding carboxylic acids is 1. The van der Waals surface area contributed by atoms with Crippen molar-refractivity contribution in [1.29, 1.82) is 0 Å². The van der Waals surface area contributed by atoms with E-state index in [0.29, 0.717) is 27.3 Å². The summed E-state index contributed by atoms with van der Waals surface area (Å²) in [5.74, 6) is -0.955. The molecule has 2 aromatic carbocycles. The third-order valence-corrected chi connectivity index (χ3v) is 5.36. The van der Waals surface area contributed by atoms with Crippen LogP contribution in [-0.4, -0.2) is 30.4 Å². The molecule has 5 rings (SSSR count). The molecule has 0 unspecified atom stereocenters. The molecular formula is C21H11Cl2FN6O2. The largest absolute Gasteiger partial charge is 0.299 e. The molecule has 0 saturated heterocycles. The fourth-order valence-corrected chi connectivity index (χ4v) is 3.75. The molecule has 158 valence electrons. The summed E-state index contributed by atoms with van der Waals surface area (Å²) in [5, 5.41) is 13.0. The molecule has 1 amide bonds. The Hall–Kier alpha value is -3.82. The molecule has 5 aromatic rings. The van der Waals surface area contributed by atoms with Gasteiger partial charge in [-0.3, -0.25) is 15.0 Å². The number of benzene rings is 2. The first-order valence-electron chi connectivity index (χ1n) is 9.20. The zero-order valence-electron chi connectivity index (χ0n) is 16.0. The quantitative estimate of drug-likeness (QED) is 0.432. The summed E-state index contributed by atoms with van der Waals surface area (Å²) in [6, 6.07) is 11.9. The highest BCUT2D eigenvalue weighted by molar-refractivity contribution is 6.37. The Bertz CT molecular complexity index is 1580. The van der Waals surface area contributed by atoms with Crippen molar-refractivity contribution >= 4 is 45.8 Å². The normalized spacial score (nSPS) is 11.2. The van der Waals surface area contributed by atoms with E-state index in [0.717, 1.165) is 4.68 Å². The number of hydrogen-bond acceptors (Lipinski definition) is 5. The van der Waals surface area contributed by atoms with Gasteiger partial charge in [0.2, 0.25) is 0 Å². The van der Waals surface area contributed by atoms with E-state index in [9.17, 15) is 14.0 Å². The van der Waals surface area contributed by atoms with Gasteiger partial charge in [0.15, 0.2) is 11.2 Å². The SMILES string of the molecule is O=C(Nn1ccc2c(nnc3c(-c4ccc(F)cc4)cnn32)c1=O)c1ccc(Cl)cc1Cl. The van der Waals surface area contributed by atoms with Crippen molar-refractivity contribution in [3.8, 4) is 11.1 Å². The number of hydrogen-bond donors (Lipinski definition) is 1. The minimum atomic E-state index is -0.603. The first-order valence-corrected chi connectivity index (χ1v) is 9.96. The Kier molecular flexibility index (Phi) is 4.84. The van der Waals surface area contributed by atoms with E-state index >= 15 is 0 Å². The second-order valence-corrected chi connectivity index (χ2v) is 7.63. The monoisotopic (exact) mass is 468 g/mol. The summed E-state index contributed by atoms with van der Waals surface area (Å²) in [6.07, 6.45) is 2.94. The van der Waals surface area contributed by atoms with Crippen LogP contribution < -0.4 is 11.0 Å². The average molecular weight is 469 g/mol. The van der Waals surface area contributed by atoms with Crippen LogP contribution in [0.15, 0.2) is 65.7 Å². The van der Waals surface area contributed by atoms with Gasteiger partial charge in [0, 0.05) is 16.8 Å². The fraction of sp³-hybridized carbons (Fsp3) is 0. The smallest absolute Gasteiger partial charge is 0.267 e. The molecule has 0 atom stereocenters. The second-order valence-electron chi connectivity index (χ2n) is 6.79. The van der Waals surface area contributed by atoms with Gasteiger partial charge in [0.1, 0.15) is 11.3 Å². The highest BCUT2D eigenvalue weighted by Crippen LogP contribution is 2.25. The molecule has 11 heteroatoms. The number of amides is 1. The summed E-state index contributed by atoms with van der Waals surface area (Å²) in [5.41, 5.74) is 4.15. The molecule has 0 saturated carbocycles. The van der Waals surface area contributed by atoms with Crippen LogP contribution in [0.4, 0.5) is 4.39 Å². The number of nitrogens with one attached hydrogen (secondary N) is 1. The highest BCUT2D eigenvalue weighted by atomic mass is 35.5. The first-order chi connectivity index (χ1) is 15.4. The molecule has 0 bridgehead atoms. The van der Waals surface area contributed by atoms with Gasteiger partial charge in [-0.25, -0.2) is 13.6 Å². The molecule has 1 N–H and O–H groups in total. The first kappa shape index (κ1) is 20.1. The van der Waals surface area contributed by atoms with E-state index in [2.05, 4.69) is 20.7 Å². The summed E-state index contributed by atoms with van der Waals surface area (Å²) >= 11 is 11.9. The standard InChI is InChI=1S/C21H11Cl2FN6O2/c22-12-3-6-14(16(23)9-12)20(31)28-29-8-7-17-18(21(29)32)26-27-19-15(10-25-30(17)19)11-1-4-13(24)5-2-11/h1-10H,(H,28,31). The van der Waals surface area contributed by atoms with Crippen LogP contribution >= 0.6 is 23.2 Å². The summed E-state index contributed by atoms with van der Waals surface area (Å²) in [7, 11) is 0. The second kappa shape index (κ2) is 7.70. The number of aromatic nitrogens is 5. The lowest BCUT2D eigenvalue weighted by Gasteiger charge is -2.10. The van der Waals surface area contributed by atoms with Gasteiger partial charge in [0.25, 0.3) is 11.5 Å². The molecule has 0 radical (unpaired) electrons. The molecule has 0 aliphatic carbocycles. The lowest BCUT2D eigenvalue weighted by molar-refractivity contribution is 0.101. The molecule has 0 spiro atoms. The number of carbonyl (C=O) groups is 1. The molecule has 3 heterocycles. The number of rotatable bonds is 3. The lowest BCUT2D eigenvalue weighted by atomic mass is 10.1. The van der Waals surface area contributed by atoms with E-state index in [1.54, 1.807) is 24.4 Å². The van der Waals surface area contributed by atoms with Crippen molar-refractivity contribution in [2.75, 3.05) is 5.43 Å². The van der Waals surface area contributed by atoms with Gasteiger partial charge in [-0.15, -0.1) is 10.2 Å². The molecular weight excluding hydrogens is 458 g/mol. The predicted molar refractivity (Wildman–Crippen MR) is 118 cm³/mol. The minimum absolute atomic E-state index is 0.00346. The van der Waals surface area contributed by atoms with Crippen molar-refractivity contribution in [2.24, 2.45) is 0 Å². The van der Waals surface area contributed by atoms with Gasteiger partial charge >= 0.3 is 0 Å². The number of halogens is 3. The minimum Gasteiger partial charge on any atom is -0.267 e. The van der Waals surface area contributed by atoms with Gasteiger partial charge in [-0.2, -0.15) is 5.10 Å². The fourth-order valence-electron chi connectivity index (χ4n) is 3.26. The van der Waals surface area contributed by atoms with Crippen LogP contribution in [0.5, 0.6) is 0 Å². The van der Waals surface area contributed by atoms with E-state index in [-0.39, 0.29) is 21.9 Å². The Morgan fingerprint density at radius 3 is 2.56 bits per heavy atom. The summed E-state index contributed by atoms with van der Waals surface area (Å²) in [4.78, 5) is 25.5. The maximum atomic E-state index is 13.2. The van der Waals surface area contributed by atoms with Crippen molar-refractivity contribution in [2.45, 2.75) is 0 Å². The third-order valence-electron chi connectivity index (χ3n) is 4.82. The summed E-state index contributed by atoms with van der Waals surface area (Å²) in [6.45, 7) is 0. The number of pyridine rings is 1. The molecule has 0 aliphatic rings. The Morgan fingerprint density at radius 2 is 1.81 bits per heavy atom. The Labute approximate surface area is 188 Å². The zero-order chi connectivity index (χ0) is 22.4. The van der Waals surface area contributed by atoms with Crippen LogP contribution in [0, 0.1) is 5.82 Å². The molecule has 0 fully saturated rings. The van der Waals surface area contributed by atoms with Gasteiger partial charge in [-0.05, 0) is 42.0 Å². The Balaban J connectivity index is 1.55. The molecule has 8 nitrogen and oxygen atoms in total. The Morgan fingerprint density at radius 1 is 1.03 bits per heavy atom. The van der Waals surface area contributed by atoms with E-state index < -0.39 is 11.5 Å². The summed E-state index contributed by atoms with van der Waals surface area (Å²) < 4.78 is 15.7. The highest BCUT2D eigenvalue weighted by Gasteiger charge is 2.16. The van der Waals surface area contributed by atoms with Gasteiger partial charge < -0.3 is 0 Å². The van der Waals surface area contributed by atoms with Crippen LogP contribution in [-0.2, 0) is 0 Å². The zero-order valence-corrected chi connectivity index (χ0v) is 17.5. The van der Waals surface area contributed by atoms with Crippen LogP contribution in [0.2, 0.25) is 10.0 Å². The van der Waals surface area contributed by atoms with Crippen molar-refractivity contribution in [3.63, 3.8) is 0 Å². The van der Waals surface area contributed by atoms with E-state index in [1.807, 2.05) is 0 Å². The van der Waals surface area contributed by atoms with Crippen LogP contribution in [0.25, 0.3) is 27.8 Å². The lowest BCUT2D eigenvalue weighted by Crippen LogP contribution is -2.33. The third kappa shape index (κ3) is 3.37. The van der Waals surface area contributed by atoms with Crippen molar-refractivity contribution in [1.82, 2.24) is 24.5 Å².